The number of hydrogen-bond donors (Lipinski definition) is 1. The highest BCUT2D eigenvalue weighted by Gasteiger charge is 2.31. The van der Waals surface area contributed by atoms with Crippen molar-refractivity contribution in [1.82, 2.24) is 5.32 Å². The molecule has 1 aromatic rings. The number of nitrogens with one attached hydrogen (secondary N) is 1. The van der Waals surface area contributed by atoms with Crippen LogP contribution in [-0.2, 0) is 4.74 Å². The quantitative estimate of drug-likeness (QED) is 0.729. The summed E-state index contributed by atoms with van der Waals surface area (Å²) in [7, 11) is 0. The fraction of sp³-hybridized carbons (Fsp3) is 0.647. The highest BCUT2D eigenvalue weighted by atomic mass is 19.1. The van der Waals surface area contributed by atoms with E-state index in [0.29, 0.717) is 18.1 Å². The molecular formula is C17H26FNO. The summed E-state index contributed by atoms with van der Waals surface area (Å²) in [6.07, 6.45) is 4.70. The van der Waals surface area contributed by atoms with Gasteiger partial charge >= 0.3 is 0 Å². The Hall–Kier alpha value is -0.930. The molecular weight excluding hydrogens is 253 g/mol. The first-order chi connectivity index (χ1) is 9.66. The van der Waals surface area contributed by atoms with Crippen LogP contribution in [0.2, 0.25) is 0 Å². The summed E-state index contributed by atoms with van der Waals surface area (Å²) in [5.74, 6) is 0.347. The third-order valence-electron chi connectivity index (χ3n) is 3.94. The molecule has 0 spiro atoms. The second-order valence-corrected chi connectivity index (χ2v) is 5.97. The normalized spacial score (nSPS) is 22.0. The lowest BCUT2D eigenvalue weighted by molar-refractivity contribution is 0.0757. The van der Waals surface area contributed by atoms with Crippen LogP contribution in [0.1, 0.15) is 51.0 Å². The van der Waals surface area contributed by atoms with E-state index in [0.717, 1.165) is 44.4 Å². The maximum atomic E-state index is 13.6. The average molecular weight is 279 g/mol. The molecule has 3 heteroatoms. The molecule has 0 aliphatic heterocycles. The van der Waals surface area contributed by atoms with Crippen molar-refractivity contribution in [3.8, 4) is 0 Å². The molecule has 2 nitrogen and oxygen atoms in total. The standard InChI is InChI=1S/C17H26FNO/c1-13(2)20-10-6-5-9-19-15-11-14(12-15)16-7-3-4-8-17(16)18/h3-4,7-8,13-15,19H,5-6,9-12H2,1-2H3. The van der Waals surface area contributed by atoms with Crippen LogP contribution in [0.4, 0.5) is 4.39 Å². The van der Waals surface area contributed by atoms with Gasteiger partial charge in [0.1, 0.15) is 5.82 Å². The molecule has 112 valence electrons. The molecule has 1 aromatic carbocycles. The monoisotopic (exact) mass is 279 g/mol. The van der Waals surface area contributed by atoms with E-state index in [4.69, 9.17) is 4.74 Å². The predicted molar refractivity (Wildman–Crippen MR) is 80.5 cm³/mol. The third-order valence-corrected chi connectivity index (χ3v) is 3.94. The van der Waals surface area contributed by atoms with Crippen molar-refractivity contribution in [2.45, 2.75) is 57.6 Å². The molecule has 0 unspecified atom stereocenters. The number of benzene rings is 1. The van der Waals surface area contributed by atoms with E-state index in [1.807, 2.05) is 12.1 Å². The third kappa shape index (κ3) is 4.57. The summed E-state index contributed by atoms with van der Waals surface area (Å²) in [6, 6.07) is 7.72. The summed E-state index contributed by atoms with van der Waals surface area (Å²) in [5, 5.41) is 3.55. The summed E-state index contributed by atoms with van der Waals surface area (Å²) in [6.45, 7) is 6.02. The zero-order valence-corrected chi connectivity index (χ0v) is 12.6. The zero-order chi connectivity index (χ0) is 14.4. The second-order valence-electron chi connectivity index (χ2n) is 5.97. The Morgan fingerprint density at radius 3 is 2.70 bits per heavy atom. The highest BCUT2D eigenvalue weighted by molar-refractivity contribution is 5.24. The van der Waals surface area contributed by atoms with Crippen LogP contribution in [0.25, 0.3) is 0 Å². The van der Waals surface area contributed by atoms with Crippen LogP contribution in [0.15, 0.2) is 24.3 Å². The van der Waals surface area contributed by atoms with Crippen LogP contribution in [0.3, 0.4) is 0 Å². The molecule has 1 fully saturated rings. The Morgan fingerprint density at radius 2 is 2.00 bits per heavy atom. The lowest BCUT2D eigenvalue weighted by atomic mass is 9.75. The van der Waals surface area contributed by atoms with Gasteiger partial charge in [0.05, 0.1) is 6.10 Å². The van der Waals surface area contributed by atoms with Gasteiger partial charge in [0, 0.05) is 12.6 Å². The minimum Gasteiger partial charge on any atom is -0.379 e. The van der Waals surface area contributed by atoms with Gasteiger partial charge in [0.25, 0.3) is 0 Å². The van der Waals surface area contributed by atoms with Crippen LogP contribution in [0.5, 0.6) is 0 Å². The summed E-state index contributed by atoms with van der Waals surface area (Å²) in [5.41, 5.74) is 0.885. The molecule has 1 aliphatic rings. The average Bonchev–Trinajstić information content (AvgIpc) is 2.36. The van der Waals surface area contributed by atoms with E-state index in [9.17, 15) is 4.39 Å². The first-order valence-electron chi connectivity index (χ1n) is 7.76. The molecule has 1 N–H and O–H groups in total. The van der Waals surface area contributed by atoms with Gasteiger partial charge in [-0.3, -0.25) is 0 Å². The fourth-order valence-electron chi connectivity index (χ4n) is 2.70. The molecule has 0 heterocycles. The van der Waals surface area contributed by atoms with Crippen molar-refractivity contribution in [2.75, 3.05) is 13.2 Å². The molecule has 0 amide bonds. The topological polar surface area (TPSA) is 21.3 Å². The zero-order valence-electron chi connectivity index (χ0n) is 12.6. The van der Waals surface area contributed by atoms with Crippen LogP contribution < -0.4 is 5.32 Å². The van der Waals surface area contributed by atoms with E-state index in [2.05, 4.69) is 19.2 Å². The van der Waals surface area contributed by atoms with Gasteiger partial charge in [-0.1, -0.05) is 18.2 Å². The first kappa shape index (κ1) is 15.5. The molecule has 0 radical (unpaired) electrons. The van der Waals surface area contributed by atoms with Crippen molar-refractivity contribution in [1.29, 1.82) is 0 Å². The summed E-state index contributed by atoms with van der Waals surface area (Å²) >= 11 is 0. The van der Waals surface area contributed by atoms with Gasteiger partial charge in [-0.25, -0.2) is 4.39 Å². The number of hydrogen-bond acceptors (Lipinski definition) is 2. The van der Waals surface area contributed by atoms with Gasteiger partial charge in [-0.05, 0) is 63.6 Å². The van der Waals surface area contributed by atoms with E-state index in [1.54, 1.807) is 12.1 Å². The van der Waals surface area contributed by atoms with Crippen molar-refractivity contribution in [3.63, 3.8) is 0 Å². The highest BCUT2D eigenvalue weighted by Crippen LogP contribution is 2.37. The Bertz CT molecular complexity index is 402. The minimum atomic E-state index is -0.0539. The van der Waals surface area contributed by atoms with Crippen LogP contribution in [0, 0.1) is 5.82 Å². The van der Waals surface area contributed by atoms with Gasteiger partial charge < -0.3 is 10.1 Å². The number of unbranched alkanes of at least 4 members (excludes halogenated alkanes) is 1. The van der Waals surface area contributed by atoms with Gasteiger partial charge in [0.2, 0.25) is 0 Å². The minimum absolute atomic E-state index is 0.0539. The summed E-state index contributed by atoms with van der Waals surface area (Å²) in [4.78, 5) is 0. The molecule has 2 rings (SSSR count). The lowest BCUT2D eigenvalue weighted by Crippen LogP contribution is -2.40. The van der Waals surface area contributed by atoms with Crippen molar-refractivity contribution in [3.05, 3.63) is 35.6 Å². The smallest absolute Gasteiger partial charge is 0.126 e. The van der Waals surface area contributed by atoms with E-state index in [1.165, 1.54) is 0 Å². The molecule has 1 aliphatic carbocycles. The Labute approximate surface area is 121 Å². The maximum Gasteiger partial charge on any atom is 0.126 e. The Morgan fingerprint density at radius 1 is 1.25 bits per heavy atom. The molecule has 20 heavy (non-hydrogen) atoms. The van der Waals surface area contributed by atoms with Crippen molar-refractivity contribution >= 4 is 0 Å². The SMILES string of the molecule is CC(C)OCCCCNC1CC(c2ccccc2F)C1. The number of ether oxygens (including phenoxy) is 1. The van der Waals surface area contributed by atoms with Gasteiger partial charge in [0.15, 0.2) is 0 Å². The Balaban J connectivity index is 1.55. The van der Waals surface area contributed by atoms with Gasteiger partial charge in [-0.2, -0.15) is 0 Å². The van der Waals surface area contributed by atoms with E-state index >= 15 is 0 Å². The summed E-state index contributed by atoms with van der Waals surface area (Å²) < 4.78 is 19.1. The molecule has 0 aromatic heterocycles. The molecule has 0 saturated heterocycles. The van der Waals surface area contributed by atoms with Crippen molar-refractivity contribution < 1.29 is 9.13 Å². The molecule has 0 atom stereocenters. The number of rotatable bonds is 8. The largest absolute Gasteiger partial charge is 0.379 e. The fourth-order valence-corrected chi connectivity index (χ4v) is 2.70. The van der Waals surface area contributed by atoms with Crippen molar-refractivity contribution in [2.24, 2.45) is 0 Å². The maximum absolute atomic E-state index is 13.6. The first-order valence-corrected chi connectivity index (χ1v) is 7.76. The lowest BCUT2D eigenvalue weighted by Gasteiger charge is -2.36. The predicted octanol–water partition coefficient (Wildman–Crippen LogP) is 3.87. The molecule has 0 bridgehead atoms. The van der Waals surface area contributed by atoms with E-state index < -0.39 is 0 Å². The molecule has 1 saturated carbocycles. The number of halogens is 1. The van der Waals surface area contributed by atoms with Crippen LogP contribution in [-0.4, -0.2) is 25.3 Å². The Kier molecular flexibility index (Phi) is 5.99. The van der Waals surface area contributed by atoms with Crippen LogP contribution >= 0.6 is 0 Å². The van der Waals surface area contributed by atoms with Gasteiger partial charge in [-0.15, -0.1) is 0 Å². The second kappa shape index (κ2) is 7.75. The van der Waals surface area contributed by atoms with E-state index in [-0.39, 0.29) is 5.82 Å².